The molecule has 0 saturated heterocycles. The molecule has 2 heterocycles. The van der Waals surface area contributed by atoms with E-state index in [4.69, 9.17) is 9.47 Å². The van der Waals surface area contributed by atoms with E-state index in [0.29, 0.717) is 17.4 Å². The summed E-state index contributed by atoms with van der Waals surface area (Å²) in [7, 11) is 1.49. The monoisotopic (exact) mass is 240 g/mol. The highest BCUT2D eigenvalue weighted by atomic mass is 32.2. The lowest BCUT2D eigenvalue weighted by molar-refractivity contribution is 0.0648. The Bertz CT molecular complexity index is 465. The summed E-state index contributed by atoms with van der Waals surface area (Å²) in [6, 6.07) is 3.68. The van der Waals surface area contributed by atoms with Gasteiger partial charge in [-0.25, -0.2) is 4.21 Å². The van der Waals surface area contributed by atoms with E-state index in [1.165, 1.54) is 7.11 Å². The first-order chi connectivity index (χ1) is 7.70. The first-order valence-corrected chi connectivity index (χ1v) is 6.29. The van der Waals surface area contributed by atoms with Crippen molar-refractivity contribution in [1.29, 1.82) is 0 Å². The average Bonchev–Trinajstić information content (AvgIpc) is 2.24. The van der Waals surface area contributed by atoms with Gasteiger partial charge in [0.15, 0.2) is 16.0 Å². The van der Waals surface area contributed by atoms with Gasteiger partial charge in [-0.15, -0.1) is 0 Å². The van der Waals surface area contributed by atoms with E-state index < -0.39 is 11.1 Å². The van der Waals surface area contributed by atoms with Crippen LogP contribution in [-0.2, 0) is 11.1 Å². The lowest BCUT2D eigenvalue weighted by Gasteiger charge is -2.42. The van der Waals surface area contributed by atoms with Gasteiger partial charge < -0.3 is 14.0 Å². The molecule has 1 unspecified atom stereocenters. The van der Waals surface area contributed by atoms with Gasteiger partial charge in [0.1, 0.15) is 11.5 Å². The van der Waals surface area contributed by atoms with Crippen LogP contribution in [0.5, 0.6) is 11.5 Å². The second-order valence-corrected chi connectivity index (χ2v) is 5.08. The van der Waals surface area contributed by atoms with Crippen LogP contribution in [0.2, 0.25) is 0 Å². The maximum atomic E-state index is 11.3. The van der Waals surface area contributed by atoms with Crippen molar-refractivity contribution in [2.45, 2.75) is 29.8 Å². The summed E-state index contributed by atoms with van der Waals surface area (Å²) in [5.74, 6) is 1.47. The third kappa shape index (κ3) is 1.28. The molecule has 86 valence electrons. The highest BCUT2D eigenvalue weighted by Gasteiger charge is 2.41. The Hall–Kier alpha value is -1.07. The van der Waals surface area contributed by atoms with Gasteiger partial charge in [0.2, 0.25) is 0 Å². The molecule has 1 N–H and O–H groups in total. The molecule has 2 bridgehead atoms. The molecule has 1 aliphatic carbocycles. The Labute approximate surface area is 95.8 Å². The molecule has 1 saturated carbocycles. The lowest BCUT2D eigenvalue weighted by atomic mass is 9.75. The van der Waals surface area contributed by atoms with E-state index >= 15 is 0 Å². The Morgan fingerprint density at radius 2 is 2.25 bits per heavy atom. The number of hydrogen-bond donors (Lipinski definition) is 1. The largest absolute Gasteiger partial charge is 0.495 e. The van der Waals surface area contributed by atoms with Gasteiger partial charge in [0.05, 0.1) is 13.2 Å². The molecule has 5 heteroatoms. The fourth-order valence-electron chi connectivity index (χ4n) is 2.41. The van der Waals surface area contributed by atoms with E-state index in [1.54, 1.807) is 6.07 Å². The molecule has 2 aliphatic heterocycles. The van der Waals surface area contributed by atoms with Crippen LogP contribution in [0.3, 0.4) is 0 Å². The Morgan fingerprint density at radius 3 is 2.88 bits per heavy atom. The van der Waals surface area contributed by atoms with Crippen molar-refractivity contribution < 1.29 is 18.2 Å². The molecule has 4 rings (SSSR count). The van der Waals surface area contributed by atoms with Gasteiger partial charge in [-0.2, -0.15) is 0 Å². The third-order valence-electron chi connectivity index (χ3n) is 3.32. The quantitative estimate of drug-likeness (QED) is 0.802. The number of ether oxygens (including phenoxy) is 2. The van der Waals surface area contributed by atoms with Crippen LogP contribution >= 0.6 is 0 Å². The minimum absolute atomic E-state index is 0.215. The molecule has 16 heavy (non-hydrogen) atoms. The van der Waals surface area contributed by atoms with Gasteiger partial charge in [0, 0.05) is 0 Å². The molecule has 0 aromatic heterocycles. The zero-order valence-corrected chi connectivity index (χ0v) is 9.62. The zero-order valence-electron chi connectivity index (χ0n) is 8.80. The summed E-state index contributed by atoms with van der Waals surface area (Å²) in [4.78, 5) is 0.273. The molecule has 1 atom stereocenters. The second-order valence-electron chi connectivity index (χ2n) is 4.17. The number of methoxy groups -OCH3 is 1. The molecule has 1 fully saturated rings. The van der Waals surface area contributed by atoms with Crippen molar-refractivity contribution in [2.75, 3.05) is 7.11 Å². The van der Waals surface area contributed by atoms with Crippen LogP contribution < -0.4 is 9.47 Å². The van der Waals surface area contributed by atoms with Crippen molar-refractivity contribution in [3.05, 3.63) is 17.7 Å². The maximum Gasteiger partial charge on any atom is 0.194 e. The van der Waals surface area contributed by atoms with Crippen LogP contribution in [-0.4, -0.2) is 22.0 Å². The van der Waals surface area contributed by atoms with E-state index in [0.717, 1.165) is 18.4 Å². The molecule has 0 spiro atoms. The minimum atomic E-state index is -2.07. The van der Waals surface area contributed by atoms with Crippen LogP contribution in [0, 0.1) is 0 Å². The molecule has 0 radical (unpaired) electrons. The molecule has 1 aromatic carbocycles. The van der Waals surface area contributed by atoms with Crippen molar-refractivity contribution in [3.63, 3.8) is 0 Å². The standard InChI is InChI=1S/C11H12O4S/c1-14-9-3-2-8-6-4-7(5-6)15-10(8)11(9)16(12)13/h2-3,6-7H,4-5H2,1H3,(H,12,13). The smallest absolute Gasteiger partial charge is 0.194 e. The molecule has 1 aromatic rings. The summed E-state index contributed by atoms with van der Waals surface area (Å²) >= 11 is -2.07. The normalized spacial score (nSPS) is 27.4. The summed E-state index contributed by atoms with van der Waals surface area (Å²) in [5, 5.41) is 0. The number of hydrogen-bond acceptors (Lipinski definition) is 3. The first kappa shape index (κ1) is 10.1. The Morgan fingerprint density at radius 1 is 1.50 bits per heavy atom. The first-order valence-electron chi connectivity index (χ1n) is 5.19. The van der Waals surface area contributed by atoms with E-state index in [1.807, 2.05) is 6.07 Å². The van der Waals surface area contributed by atoms with E-state index in [9.17, 15) is 8.76 Å². The molecular formula is C11H12O4S. The third-order valence-corrected chi connectivity index (χ3v) is 4.06. The summed E-state index contributed by atoms with van der Waals surface area (Å²) in [6.07, 6.45) is 2.26. The average molecular weight is 240 g/mol. The summed E-state index contributed by atoms with van der Waals surface area (Å²) < 4.78 is 31.4. The fourth-order valence-corrected chi connectivity index (χ4v) is 3.06. The topological polar surface area (TPSA) is 55.8 Å². The van der Waals surface area contributed by atoms with Crippen LogP contribution in [0.1, 0.15) is 24.3 Å². The van der Waals surface area contributed by atoms with Crippen molar-refractivity contribution in [2.24, 2.45) is 0 Å². The summed E-state index contributed by atoms with van der Waals surface area (Å²) in [6.45, 7) is 0. The molecular weight excluding hydrogens is 228 g/mol. The SMILES string of the molecule is COc1ccc2c(c1S(=O)O)OC1CC2C1. The Balaban J connectivity index is 2.19. The highest BCUT2D eigenvalue weighted by Crippen LogP contribution is 2.51. The van der Waals surface area contributed by atoms with Gasteiger partial charge in [0.25, 0.3) is 0 Å². The number of benzene rings is 1. The lowest BCUT2D eigenvalue weighted by Crippen LogP contribution is -2.37. The van der Waals surface area contributed by atoms with Crippen LogP contribution in [0.4, 0.5) is 0 Å². The summed E-state index contributed by atoms with van der Waals surface area (Å²) in [5.41, 5.74) is 1.04. The Kier molecular flexibility index (Phi) is 2.19. The molecule has 4 nitrogen and oxygen atoms in total. The van der Waals surface area contributed by atoms with Gasteiger partial charge in [-0.3, -0.25) is 0 Å². The molecule has 0 amide bonds. The maximum absolute atomic E-state index is 11.3. The van der Waals surface area contributed by atoms with Gasteiger partial charge >= 0.3 is 0 Å². The second kappa shape index (κ2) is 3.46. The highest BCUT2D eigenvalue weighted by molar-refractivity contribution is 7.79. The van der Waals surface area contributed by atoms with Crippen LogP contribution in [0.15, 0.2) is 17.0 Å². The van der Waals surface area contributed by atoms with Crippen molar-refractivity contribution >= 4 is 11.1 Å². The zero-order chi connectivity index (χ0) is 11.3. The van der Waals surface area contributed by atoms with Crippen molar-refractivity contribution in [1.82, 2.24) is 0 Å². The molecule has 3 aliphatic rings. The van der Waals surface area contributed by atoms with Gasteiger partial charge in [-0.05, 0) is 30.4 Å². The predicted octanol–water partition coefficient (Wildman–Crippen LogP) is 1.91. The number of rotatable bonds is 2. The fraction of sp³-hybridized carbons (Fsp3) is 0.455. The minimum Gasteiger partial charge on any atom is -0.495 e. The van der Waals surface area contributed by atoms with E-state index in [2.05, 4.69) is 0 Å². The predicted molar refractivity (Wildman–Crippen MR) is 58.4 cm³/mol. The van der Waals surface area contributed by atoms with Crippen molar-refractivity contribution in [3.8, 4) is 11.5 Å². The van der Waals surface area contributed by atoms with Crippen LogP contribution in [0.25, 0.3) is 0 Å². The van der Waals surface area contributed by atoms with Gasteiger partial charge in [-0.1, -0.05) is 6.07 Å². The van der Waals surface area contributed by atoms with E-state index in [-0.39, 0.29) is 11.0 Å².